The molecule has 1 rings (SSSR count). The van der Waals surface area contributed by atoms with Gasteiger partial charge in [-0.1, -0.05) is 13.0 Å². The van der Waals surface area contributed by atoms with Crippen molar-refractivity contribution in [2.24, 2.45) is 0 Å². The van der Waals surface area contributed by atoms with Gasteiger partial charge in [-0.15, -0.1) is 17.9 Å². The molecule has 0 aromatic carbocycles. The highest BCUT2D eigenvalue weighted by Crippen LogP contribution is 2.18. The average molecular weight is 253 g/mol. The molecule has 4 nitrogen and oxygen atoms in total. The second-order valence-electron chi connectivity index (χ2n) is 3.49. The van der Waals surface area contributed by atoms with Crippen LogP contribution in [0.2, 0.25) is 0 Å². The Morgan fingerprint density at radius 2 is 2.24 bits per heavy atom. The van der Waals surface area contributed by atoms with E-state index >= 15 is 0 Å². The van der Waals surface area contributed by atoms with Gasteiger partial charge in [0.1, 0.15) is 6.54 Å². The number of amides is 1. The number of nitrogens with zero attached hydrogens (tertiary/aromatic N) is 1. The zero-order valence-corrected chi connectivity index (χ0v) is 10.5. The molecule has 1 aromatic rings. The summed E-state index contributed by atoms with van der Waals surface area (Å²) in [7, 11) is 0. The summed E-state index contributed by atoms with van der Waals surface area (Å²) in [5.74, 6) is -1.27. The Kier molecular flexibility index (Phi) is 4.90. The first-order valence-electron chi connectivity index (χ1n) is 5.29. The van der Waals surface area contributed by atoms with E-state index in [4.69, 9.17) is 5.11 Å². The van der Waals surface area contributed by atoms with Crippen LogP contribution in [0.15, 0.2) is 24.8 Å². The zero-order chi connectivity index (χ0) is 12.8. The van der Waals surface area contributed by atoms with Crippen LogP contribution in [-0.2, 0) is 11.2 Å². The maximum absolute atomic E-state index is 12.0. The number of carbonyl (C=O) groups is 2. The normalized spacial score (nSPS) is 9.94. The molecule has 92 valence electrons. The van der Waals surface area contributed by atoms with Crippen LogP contribution in [0.1, 0.15) is 21.5 Å². The third-order valence-electron chi connectivity index (χ3n) is 2.18. The predicted molar refractivity (Wildman–Crippen MR) is 67.4 cm³/mol. The van der Waals surface area contributed by atoms with Crippen molar-refractivity contribution in [3.63, 3.8) is 0 Å². The number of aryl methyl sites for hydroxylation is 1. The van der Waals surface area contributed by atoms with Crippen LogP contribution < -0.4 is 0 Å². The molecule has 0 bridgehead atoms. The van der Waals surface area contributed by atoms with Gasteiger partial charge < -0.3 is 10.0 Å². The van der Waals surface area contributed by atoms with Gasteiger partial charge >= 0.3 is 5.97 Å². The number of carboxylic acids is 1. The van der Waals surface area contributed by atoms with Crippen molar-refractivity contribution < 1.29 is 14.7 Å². The molecule has 0 atom stereocenters. The maximum atomic E-state index is 12.0. The Balaban J connectivity index is 2.82. The van der Waals surface area contributed by atoms with Gasteiger partial charge in [-0.2, -0.15) is 0 Å². The highest BCUT2D eigenvalue weighted by molar-refractivity contribution is 7.14. The van der Waals surface area contributed by atoms with Gasteiger partial charge in [0, 0.05) is 11.4 Å². The van der Waals surface area contributed by atoms with Crippen LogP contribution in [-0.4, -0.2) is 35.0 Å². The average Bonchev–Trinajstić information content (AvgIpc) is 2.75. The summed E-state index contributed by atoms with van der Waals surface area (Å²) in [6, 6.07) is 3.63. The number of rotatable bonds is 6. The second-order valence-corrected chi connectivity index (χ2v) is 4.66. The molecule has 17 heavy (non-hydrogen) atoms. The summed E-state index contributed by atoms with van der Waals surface area (Å²) < 4.78 is 0. The molecule has 0 saturated carbocycles. The first-order valence-corrected chi connectivity index (χ1v) is 6.10. The molecule has 0 fully saturated rings. The van der Waals surface area contributed by atoms with Gasteiger partial charge in [-0.25, -0.2) is 0 Å². The van der Waals surface area contributed by atoms with Crippen LogP contribution in [0.25, 0.3) is 0 Å². The highest BCUT2D eigenvalue weighted by Gasteiger charge is 2.18. The van der Waals surface area contributed by atoms with Crippen LogP contribution in [0.5, 0.6) is 0 Å². The van der Waals surface area contributed by atoms with Crippen molar-refractivity contribution >= 4 is 23.2 Å². The Morgan fingerprint density at radius 1 is 1.53 bits per heavy atom. The molecule has 1 N–H and O–H groups in total. The van der Waals surface area contributed by atoms with Crippen molar-refractivity contribution in [1.82, 2.24) is 4.90 Å². The monoisotopic (exact) mass is 253 g/mol. The second kappa shape index (κ2) is 6.20. The van der Waals surface area contributed by atoms with E-state index in [9.17, 15) is 9.59 Å². The van der Waals surface area contributed by atoms with E-state index in [1.807, 2.05) is 13.0 Å². The Bertz CT molecular complexity index is 425. The summed E-state index contributed by atoms with van der Waals surface area (Å²) >= 11 is 1.40. The molecule has 1 amide bonds. The lowest BCUT2D eigenvalue weighted by Crippen LogP contribution is -2.35. The fraction of sp³-hybridized carbons (Fsp3) is 0.333. The number of aliphatic carboxylic acids is 1. The lowest BCUT2D eigenvalue weighted by Gasteiger charge is -2.17. The van der Waals surface area contributed by atoms with Crippen LogP contribution in [0.4, 0.5) is 0 Å². The van der Waals surface area contributed by atoms with E-state index in [-0.39, 0.29) is 19.0 Å². The molecule has 0 aliphatic heterocycles. The van der Waals surface area contributed by atoms with E-state index in [1.165, 1.54) is 22.3 Å². The van der Waals surface area contributed by atoms with Gasteiger partial charge in [-0.05, 0) is 18.6 Å². The minimum absolute atomic E-state index is 0.241. The van der Waals surface area contributed by atoms with Gasteiger partial charge in [0.2, 0.25) is 0 Å². The minimum atomic E-state index is -1.02. The van der Waals surface area contributed by atoms with Gasteiger partial charge in [-0.3, -0.25) is 9.59 Å². The fourth-order valence-corrected chi connectivity index (χ4v) is 2.29. The number of hydrogen-bond acceptors (Lipinski definition) is 3. The predicted octanol–water partition coefficient (Wildman–Crippen LogP) is 2.02. The topological polar surface area (TPSA) is 57.6 Å². The molecule has 5 heteroatoms. The molecule has 0 radical (unpaired) electrons. The molecular formula is C12H15NO3S. The molecule has 0 aliphatic rings. The van der Waals surface area contributed by atoms with Crippen molar-refractivity contribution in [2.75, 3.05) is 13.1 Å². The Morgan fingerprint density at radius 3 is 2.71 bits per heavy atom. The number of carbonyl (C=O) groups excluding carboxylic acids is 1. The SMILES string of the molecule is C=CCN(CC(=O)O)C(=O)c1ccc(CC)s1. The van der Waals surface area contributed by atoms with Crippen LogP contribution in [0, 0.1) is 0 Å². The molecule has 0 spiro atoms. The van der Waals surface area contributed by atoms with E-state index < -0.39 is 5.97 Å². The van der Waals surface area contributed by atoms with E-state index in [0.717, 1.165) is 11.3 Å². The first-order chi connectivity index (χ1) is 8.08. The van der Waals surface area contributed by atoms with Gasteiger partial charge in [0.05, 0.1) is 4.88 Å². The number of carboxylic acid groups (broad SMARTS) is 1. The van der Waals surface area contributed by atoms with E-state index in [0.29, 0.717) is 4.88 Å². The third-order valence-corrected chi connectivity index (χ3v) is 3.40. The van der Waals surface area contributed by atoms with E-state index in [2.05, 4.69) is 6.58 Å². The minimum Gasteiger partial charge on any atom is -0.480 e. The highest BCUT2D eigenvalue weighted by atomic mass is 32.1. The molecule has 1 heterocycles. The van der Waals surface area contributed by atoms with Crippen molar-refractivity contribution in [2.45, 2.75) is 13.3 Å². The molecule has 1 aromatic heterocycles. The molecule has 0 aliphatic carbocycles. The number of thiophene rings is 1. The quantitative estimate of drug-likeness (QED) is 0.789. The molecule has 0 saturated heterocycles. The molecule has 0 unspecified atom stereocenters. The Hall–Kier alpha value is -1.62. The van der Waals surface area contributed by atoms with Crippen LogP contribution >= 0.6 is 11.3 Å². The van der Waals surface area contributed by atoms with E-state index in [1.54, 1.807) is 6.07 Å². The third kappa shape index (κ3) is 3.71. The fourth-order valence-electron chi connectivity index (χ4n) is 1.38. The van der Waals surface area contributed by atoms with Crippen molar-refractivity contribution in [3.05, 3.63) is 34.5 Å². The standard InChI is InChI=1S/C12H15NO3S/c1-3-7-13(8-11(14)15)12(16)10-6-5-9(4-2)17-10/h3,5-6H,1,4,7-8H2,2H3,(H,14,15). The lowest BCUT2D eigenvalue weighted by atomic mass is 10.3. The zero-order valence-electron chi connectivity index (χ0n) is 9.68. The summed E-state index contributed by atoms with van der Waals surface area (Å²) in [6.45, 7) is 5.47. The van der Waals surface area contributed by atoms with Crippen molar-refractivity contribution in [1.29, 1.82) is 0 Å². The van der Waals surface area contributed by atoms with Gasteiger partial charge in [0.15, 0.2) is 0 Å². The summed E-state index contributed by atoms with van der Waals surface area (Å²) in [6.07, 6.45) is 2.40. The summed E-state index contributed by atoms with van der Waals surface area (Å²) in [5.41, 5.74) is 0. The number of hydrogen-bond donors (Lipinski definition) is 1. The molecular weight excluding hydrogens is 238 g/mol. The van der Waals surface area contributed by atoms with Gasteiger partial charge in [0.25, 0.3) is 5.91 Å². The largest absolute Gasteiger partial charge is 0.480 e. The smallest absolute Gasteiger partial charge is 0.323 e. The Labute approximate surface area is 104 Å². The first kappa shape index (κ1) is 13.4. The summed E-state index contributed by atoms with van der Waals surface area (Å²) in [5, 5.41) is 8.73. The van der Waals surface area contributed by atoms with Crippen LogP contribution in [0.3, 0.4) is 0 Å². The lowest BCUT2D eigenvalue weighted by molar-refractivity contribution is -0.137. The summed E-state index contributed by atoms with van der Waals surface area (Å²) in [4.78, 5) is 25.6. The maximum Gasteiger partial charge on any atom is 0.323 e. The van der Waals surface area contributed by atoms with Crippen molar-refractivity contribution in [3.8, 4) is 0 Å².